The molecule has 1 amide bonds. The Morgan fingerprint density at radius 2 is 2.22 bits per heavy atom. The second-order valence-corrected chi connectivity index (χ2v) is 4.72. The van der Waals surface area contributed by atoms with Gasteiger partial charge in [-0.25, -0.2) is 0 Å². The molecule has 4 nitrogen and oxygen atoms in total. The lowest BCUT2D eigenvalue weighted by atomic mass is 9.98. The van der Waals surface area contributed by atoms with Gasteiger partial charge in [0.1, 0.15) is 12.4 Å². The van der Waals surface area contributed by atoms with Gasteiger partial charge in [-0.1, -0.05) is 32.4 Å². The zero-order valence-corrected chi connectivity index (χ0v) is 10.9. The number of hydrogen-bond acceptors (Lipinski definition) is 3. The molecule has 4 heteroatoms. The Labute approximate surface area is 108 Å². The fourth-order valence-electron chi connectivity index (χ4n) is 2.08. The number of hydrogen-bond donors (Lipinski definition) is 1. The number of para-hydroxylation sites is 2. The van der Waals surface area contributed by atoms with Gasteiger partial charge in [-0.3, -0.25) is 4.79 Å². The number of anilines is 1. The Balaban J connectivity index is 2.22. The molecule has 1 unspecified atom stereocenters. The van der Waals surface area contributed by atoms with Gasteiger partial charge in [0.25, 0.3) is 0 Å². The Morgan fingerprint density at radius 3 is 2.94 bits per heavy atom. The highest BCUT2D eigenvalue weighted by atomic mass is 16.5. The van der Waals surface area contributed by atoms with Gasteiger partial charge in [0, 0.05) is 0 Å². The third-order valence-electron chi connectivity index (χ3n) is 3.54. The first-order valence-corrected chi connectivity index (χ1v) is 6.44. The molecular weight excluding hydrogens is 228 g/mol. The standard InChI is InChI=1S/C14H20N2O2/c1-3-10(2)13(15)14(17)16-8-9-18-12-7-5-4-6-11(12)16/h4-7,10,13H,3,8-9,15H2,1-2H3/t10?,13-/m0/s1. The summed E-state index contributed by atoms with van der Waals surface area (Å²) in [6.45, 7) is 5.15. The molecule has 2 N–H and O–H groups in total. The Kier molecular flexibility index (Phi) is 3.87. The summed E-state index contributed by atoms with van der Waals surface area (Å²) in [5.74, 6) is 0.932. The van der Waals surface area contributed by atoms with Crippen LogP contribution >= 0.6 is 0 Å². The number of ether oxygens (including phenoxy) is 1. The van der Waals surface area contributed by atoms with E-state index < -0.39 is 6.04 Å². The summed E-state index contributed by atoms with van der Waals surface area (Å²) in [4.78, 5) is 14.2. The maximum atomic E-state index is 12.4. The smallest absolute Gasteiger partial charge is 0.244 e. The van der Waals surface area contributed by atoms with E-state index in [1.54, 1.807) is 4.90 Å². The molecule has 1 aliphatic heterocycles. The number of nitrogens with two attached hydrogens (primary N) is 1. The van der Waals surface area contributed by atoms with Crippen LogP contribution in [0.25, 0.3) is 0 Å². The summed E-state index contributed by atoms with van der Waals surface area (Å²) in [6.07, 6.45) is 0.902. The van der Waals surface area contributed by atoms with Crippen molar-refractivity contribution < 1.29 is 9.53 Å². The van der Waals surface area contributed by atoms with Crippen LogP contribution in [0.5, 0.6) is 5.75 Å². The predicted octanol–water partition coefficient (Wildman–Crippen LogP) is 1.79. The van der Waals surface area contributed by atoms with Gasteiger partial charge in [-0.15, -0.1) is 0 Å². The molecule has 0 saturated carbocycles. The van der Waals surface area contributed by atoms with Gasteiger partial charge in [-0.2, -0.15) is 0 Å². The van der Waals surface area contributed by atoms with Crippen molar-refractivity contribution in [3.05, 3.63) is 24.3 Å². The van der Waals surface area contributed by atoms with Gasteiger partial charge in [0.15, 0.2) is 0 Å². The topological polar surface area (TPSA) is 55.6 Å². The fourth-order valence-corrected chi connectivity index (χ4v) is 2.08. The van der Waals surface area contributed by atoms with Crippen LogP contribution in [0.4, 0.5) is 5.69 Å². The molecule has 1 aromatic rings. The first-order valence-electron chi connectivity index (χ1n) is 6.44. The van der Waals surface area contributed by atoms with Crippen LogP contribution in [0.3, 0.4) is 0 Å². The summed E-state index contributed by atoms with van der Waals surface area (Å²) in [7, 11) is 0. The molecule has 2 rings (SSSR count). The Bertz CT molecular complexity index is 434. The minimum Gasteiger partial charge on any atom is -0.490 e. The highest BCUT2D eigenvalue weighted by molar-refractivity contribution is 5.98. The van der Waals surface area contributed by atoms with Crippen molar-refractivity contribution >= 4 is 11.6 Å². The van der Waals surface area contributed by atoms with Crippen molar-refractivity contribution in [2.75, 3.05) is 18.1 Å². The van der Waals surface area contributed by atoms with Crippen molar-refractivity contribution in [3.63, 3.8) is 0 Å². The zero-order chi connectivity index (χ0) is 13.1. The molecule has 0 radical (unpaired) electrons. The van der Waals surface area contributed by atoms with Crippen LogP contribution in [0.15, 0.2) is 24.3 Å². The average molecular weight is 248 g/mol. The summed E-state index contributed by atoms with van der Waals surface area (Å²) in [5, 5.41) is 0. The molecule has 0 aliphatic carbocycles. The number of carbonyl (C=O) groups is 1. The van der Waals surface area contributed by atoms with Crippen molar-refractivity contribution in [1.29, 1.82) is 0 Å². The molecule has 0 fully saturated rings. The van der Waals surface area contributed by atoms with Crippen molar-refractivity contribution in [2.45, 2.75) is 26.3 Å². The van der Waals surface area contributed by atoms with Gasteiger partial charge >= 0.3 is 0 Å². The third kappa shape index (κ3) is 2.34. The quantitative estimate of drug-likeness (QED) is 0.887. The number of carbonyl (C=O) groups excluding carboxylic acids is 1. The number of amides is 1. The maximum Gasteiger partial charge on any atom is 0.244 e. The first-order chi connectivity index (χ1) is 8.65. The normalized spacial score (nSPS) is 17.6. The highest BCUT2D eigenvalue weighted by Gasteiger charge is 2.29. The highest BCUT2D eigenvalue weighted by Crippen LogP contribution is 2.31. The van der Waals surface area contributed by atoms with E-state index in [9.17, 15) is 4.79 Å². The number of nitrogens with zero attached hydrogens (tertiary/aromatic N) is 1. The molecule has 2 atom stereocenters. The molecule has 0 saturated heterocycles. The van der Waals surface area contributed by atoms with Crippen LogP contribution in [0.1, 0.15) is 20.3 Å². The largest absolute Gasteiger partial charge is 0.490 e. The Morgan fingerprint density at radius 1 is 1.50 bits per heavy atom. The summed E-state index contributed by atoms with van der Waals surface area (Å²) in [5.41, 5.74) is 6.85. The lowest BCUT2D eigenvalue weighted by Gasteiger charge is -2.32. The average Bonchev–Trinajstić information content (AvgIpc) is 2.44. The van der Waals surface area contributed by atoms with Gasteiger partial charge < -0.3 is 15.4 Å². The fraction of sp³-hybridized carbons (Fsp3) is 0.500. The number of benzene rings is 1. The Hall–Kier alpha value is -1.55. The minimum atomic E-state index is -0.443. The second kappa shape index (κ2) is 5.40. The molecule has 18 heavy (non-hydrogen) atoms. The van der Waals surface area contributed by atoms with E-state index in [0.717, 1.165) is 17.9 Å². The van der Waals surface area contributed by atoms with Crippen molar-refractivity contribution in [2.24, 2.45) is 11.7 Å². The van der Waals surface area contributed by atoms with Gasteiger partial charge in [0.05, 0.1) is 18.3 Å². The summed E-state index contributed by atoms with van der Waals surface area (Å²) >= 11 is 0. The molecule has 98 valence electrons. The minimum absolute atomic E-state index is 0.0138. The van der Waals surface area contributed by atoms with E-state index in [4.69, 9.17) is 10.5 Å². The van der Waals surface area contributed by atoms with E-state index in [2.05, 4.69) is 0 Å². The van der Waals surface area contributed by atoms with Gasteiger partial charge in [-0.05, 0) is 18.1 Å². The van der Waals surface area contributed by atoms with Crippen LogP contribution in [0, 0.1) is 5.92 Å². The predicted molar refractivity (Wildman–Crippen MR) is 71.7 cm³/mol. The number of rotatable bonds is 3. The van der Waals surface area contributed by atoms with Crippen LogP contribution in [-0.4, -0.2) is 25.1 Å². The first kappa shape index (κ1) is 12.9. The lowest BCUT2D eigenvalue weighted by Crippen LogP contribution is -2.49. The van der Waals surface area contributed by atoms with Crippen molar-refractivity contribution in [3.8, 4) is 5.75 Å². The van der Waals surface area contributed by atoms with E-state index in [1.165, 1.54) is 0 Å². The van der Waals surface area contributed by atoms with Crippen molar-refractivity contribution in [1.82, 2.24) is 0 Å². The second-order valence-electron chi connectivity index (χ2n) is 4.72. The third-order valence-corrected chi connectivity index (χ3v) is 3.54. The van der Waals surface area contributed by atoms with E-state index in [-0.39, 0.29) is 11.8 Å². The molecule has 1 heterocycles. The molecular formula is C14H20N2O2. The van der Waals surface area contributed by atoms with E-state index in [0.29, 0.717) is 13.2 Å². The zero-order valence-electron chi connectivity index (χ0n) is 10.9. The van der Waals surface area contributed by atoms with E-state index >= 15 is 0 Å². The number of fused-ring (bicyclic) bond motifs is 1. The SMILES string of the molecule is CCC(C)[C@H](N)C(=O)N1CCOc2ccccc21. The van der Waals surface area contributed by atoms with Crippen LogP contribution in [0.2, 0.25) is 0 Å². The lowest BCUT2D eigenvalue weighted by molar-refractivity contribution is -0.121. The molecule has 0 spiro atoms. The summed E-state index contributed by atoms with van der Waals surface area (Å²) in [6, 6.07) is 7.14. The van der Waals surface area contributed by atoms with Gasteiger partial charge in [0.2, 0.25) is 5.91 Å². The summed E-state index contributed by atoms with van der Waals surface area (Å²) < 4.78 is 5.54. The monoisotopic (exact) mass is 248 g/mol. The molecule has 0 aromatic heterocycles. The molecule has 1 aliphatic rings. The van der Waals surface area contributed by atoms with Crippen LogP contribution < -0.4 is 15.4 Å². The van der Waals surface area contributed by atoms with Crippen LogP contribution in [-0.2, 0) is 4.79 Å². The van der Waals surface area contributed by atoms with E-state index in [1.807, 2.05) is 38.1 Å². The molecule has 1 aromatic carbocycles. The molecule has 0 bridgehead atoms. The maximum absolute atomic E-state index is 12.4.